The van der Waals surface area contributed by atoms with Gasteiger partial charge in [-0.3, -0.25) is 0 Å². The molecule has 0 amide bonds. The number of aromatic hydroxyl groups is 1. The lowest BCUT2D eigenvalue weighted by Crippen LogP contribution is -2.36. The van der Waals surface area contributed by atoms with E-state index in [1.54, 1.807) is 7.11 Å². The van der Waals surface area contributed by atoms with Gasteiger partial charge in [0.1, 0.15) is 11.5 Å². The molecule has 0 spiro atoms. The quantitative estimate of drug-likeness (QED) is 0.690. The molecule has 2 saturated carbocycles. The summed E-state index contributed by atoms with van der Waals surface area (Å²) in [5.41, 5.74) is 1.43. The van der Waals surface area contributed by atoms with Crippen LogP contribution in [0, 0.1) is 0 Å². The van der Waals surface area contributed by atoms with Gasteiger partial charge in [0.05, 0.1) is 71.2 Å². The van der Waals surface area contributed by atoms with E-state index in [4.69, 9.17) is 28.4 Å². The van der Waals surface area contributed by atoms with Gasteiger partial charge in [0.25, 0.3) is 0 Å². The van der Waals surface area contributed by atoms with E-state index in [2.05, 4.69) is 0 Å². The number of fused-ring (bicyclic) bond motifs is 4. The first-order valence-electron chi connectivity index (χ1n) is 12.2. The summed E-state index contributed by atoms with van der Waals surface area (Å²) in [5, 5.41) is 11.0. The summed E-state index contributed by atoms with van der Waals surface area (Å²) in [7, 11) is 1.64. The molecule has 2 fully saturated rings. The summed E-state index contributed by atoms with van der Waals surface area (Å²) < 4.78 is 36.0. The van der Waals surface area contributed by atoms with Crippen LogP contribution in [0.3, 0.4) is 0 Å². The van der Waals surface area contributed by atoms with Crippen molar-refractivity contribution in [3.8, 4) is 11.5 Å². The monoisotopic (exact) mass is 450 g/mol. The lowest BCUT2D eigenvalue weighted by molar-refractivity contribution is -0.119. The van der Waals surface area contributed by atoms with Gasteiger partial charge in [-0.1, -0.05) is 25.7 Å². The molecule has 7 heteroatoms. The Labute approximate surface area is 191 Å². The molecule has 3 aliphatic rings. The van der Waals surface area contributed by atoms with Crippen LogP contribution in [0.2, 0.25) is 0 Å². The maximum atomic E-state index is 11.0. The zero-order valence-corrected chi connectivity index (χ0v) is 19.3. The summed E-state index contributed by atoms with van der Waals surface area (Å²) in [6, 6.07) is 3.69. The smallest absolute Gasteiger partial charge is 0.126 e. The van der Waals surface area contributed by atoms with Gasteiger partial charge in [0.2, 0.25) is 0 Å². The van der Waals surface area contributed by atoms with Gasteiger partial charge in [0.15, 0.2) is 0 Å². The molecule has 32 heavy (non-hydrogen) atoms. The number of ether oxygens (including phenoxy) is 6. The number of benzene rings is 1. The largest absolute Gasteiger partial charge is 0.507 e. The molecule has 4 atom stereocenters. The topological polar surface area (TPSA) is 75.6 Å². The van der Waals surface area contributed by atoms with Gasteiger partial charge in [-0.15, -0.1) is 0 Å². The second kappa shape index (κ2) is 12.2. The summed E-state index contributed by atoms with van der Waals surface area (Å²) in [6.07, 6.45) is 8.59. The first-order chi connectivity index (χ1) is 15.7. The molecule has 1 heterocycles. The second-order valence-electron chi connectivity index (χ2n) is 8.99. The first-order valence-corrected chi connectivity index (χ1v) is 12.2. The Bertz CT molecular complexity index is 657. The van der Waals surface area contributed by atoms with Crippen LogP contribution in [0.5, 0.6) is 11.5 Å². The Balaban J connectivity index is 1.52. The summed E-state index contributed by atoms with van der Waals surface area (Å²) >= 11 is 0. The van der Waals surface area contributed by atoms with Gasteiger partial charge >= 0.3 is 0 Å². The lowest BCUT2D eigenvalue weighted by atomic mass is 9.94. The highest BCUT2D eigenvalue weighted by molar-refractivity contribution is 5.46. The number of phenolic OH excluding ortho intramolecular Hbond substituents is 1. The zero-order valence-electron chi connectivity index (χ0n) is 19.3. The molecule has 0 unspecified atom stereocenters. The van der Waals surface area contributed by atoms with E-state index in [0.717, 1.165) is 51.4 Å². The number of methoxy groups -OCH3 is 1. The van der Waals surface area contributed by atoms with Gasteiger partial charge in [-0.25, -0.2) is 0 Å². The van der Waals surface area contributed by atoms with Gasteiger partial charge in [-0.2, -0.15) is 0 Å². The van der Waals surface area contributed by atoms with Crippen LogP contribution in [-0.4, -0.2) is 63.1 Å². The van der Waals surface area contributed by atoms with Crippen LogP contribution in [0.25, 0.3) is 0 Å². The minimum atomic E-state index is 0.0132. The highest BCUT2D eigenvalue weighted by Gasteiger charge is 2.29. The Hall–Kier alpha value is -1.38. The van der Waals surface area contributed by atoms with Crippen molar-refractivity contribution in [1.82, 2.24) is 0 Å². The van der Waals surface area contributed by atoms with E-state index in [1.807, 2.05) is 12.1 Å². The fourth-order valence-electron chi connectivity index (χ4n) is 4.97. The van der Waals surface area contributed by atoms with E-state index in [0.29, 0.717) is 56.5 Å². The summed E-state index contributed by atoms with van der Waals surface area (Å²) in [5.74, 6) is 0.918. The van der Waals surface area contributed by atoms with Crippen molar-refractivity contribution in [2.45, 2.75) is 89.0 Å². The SMILES string of the molecule is COc1cc2c(O)c(c1)CO[C@@H]1CCCC[C@@H]1OCCOCCO[C@H]1CCCC[C@H]1OC2. The van der Waals surface area contributed by atoms with E-state index in [9.17, 15) is 5.11 Å². The molecule has 2 aliphatic carbocycles. The fraction of sp³-hybridized carbons (Fsp3) is 0.760. The molecule has 180 valence electrons. The zero-order chi connectivity index (χ0) is 22.2. The van der Waals surface area contributed by atoms with Crippen LogP contribution in [0.4, 0.5) is 0 Å². The highest BCUT2D eigenvalue weighted by atomic mass is 16.6. The number of hydrogen-bond donors (Lipinski definition) is 1. The van der Waals surface area contributed by atoms with Crippen molar-refractivity contribution in [2.75, 3.05) is 33.5 Å². The lowest BCUT2D eigenvalue weighted by Gasteiger charge is -2.32. The van der Waals surface area contributed by atoms with Crippen molar-refractivity contribution in [3.63, 3.8) is 0 Å². The van der Waals surface area contributed by atoms with Crippen molar-refractivity contribution in [2.24, 2.45) is 0 Å². The molecular weight excluding hydrogens is 412 g/mol. The molecule has 1 N–H and O–H groups in total. The number of hydrogen-bond acceptors (Lipinski definition) is 7. The second-order valence-corrected chi connectivity index (χ2v) is 8.99. The average molecular weight is 451 g/mol. The molecule has 2 bridgehead atoms. The van der Waals surface area contributed by atoms with Crippen LogP contribution in [-0.2, 0) is 36.9 Å². The first kappa shape index (κ1) is 23.8. The van der Waals surface area contributed by atoms with Crippen molar-refractivity contribution >= 4 is 0 Å². The molecule has 1 aromatic carbocycles. The van der Waals surface area contributed by atoms with Gasteiger partial charge < -0.3 is 33.5 Å². The van der Waals surface area contributed by atoms with Crippen LogP contribution in [0.1, 0.15) is 62.5 Å². The van der Waals surface area contributed by atoms with Crippen molar-refractivity contribution in [1.29, 1.82) is 0 Å². The molecular formula is C25H38O7. The van der Waals surface area contributed by atoms with Crippen molar-refractivity contribution < 1.29 is 33.5 Å². The molecule has 1 aliphatic heterocycles. The Morgan fingerprint density at radius 1 is 0.688 bits per heavy atom. The third-order valence-electron chi connectivity index (χ3n) is 6.79. The Kier molecular flexibility index (Phi) is 9.05. The van der Waals surface area contributed by atoms with E-state index >= 15 is 0 Å². The van der Waals surface area contributed by atoms with Gasteiger partial charge in [-0.05, 0) is 37.8 Å². The summed E-state index contributed by atoms with van der Waals surface area (Å²) in [6.45, 7) is 2.83. The normalized spacial score (nSPS) is 30.9. The maximum Gasteiger partial charge on any atom is 0.126 e. The maximum absolute atomic E-state index is 11.0. The predicted molar refractivity (Wildman–Crippen MR) is 119 cm³/mol. The molecule has 0 aromatic heterocycles. The Morgan fingerprint density at radius 3 is 1.56 bits per heavy atom. The molecule has 0 saturated heterocycles. The van der Waals surface area contributed by atoms with E-state index in [-0.39, 0.29) is 30.2 Å². The number of phenols is 1. The fourth-order valence-corrected chi connectivity index (χ4v) is 4.97. The highest BCUT2D eigenvalue weighted by Crippen LogP contribution is 2.33. The molecule has 0 radical (unpaired) electrons. The molecule has 7 nitrogen and oxygen atoms in total. The van der Waals surface area contributed by atoms with E-state index < -0.39 is 0 Å². The van der Waals surface area contributed by atoms with Crippen LogP contribution >= 0.6 is 0 Å². The van der Waals surface area contributed by atoms with Crippen molar-refractivity contribution in [3.05, 3.63) is 23.3 Å². The molecule has 4 rings (SSSR count). The summed E-state index contributed by atoms with van der Waals surface area (Å²) in [4.78, 5) is 0. The van der Waals surface area contributed by atoms with E-state index in [1.165, 1.54) is 0 Å². The Morgan fingerprint density at radius 2 is 1.12 bits per heavy atom. The number of rotatable bonds is 1. The molecule has 1 aromatic rings. The average Bonchev–Trinajstić information content (AvgIpc) is 2.82. The minimum Gasteiger partial charge on any atom is -0.507 e. The standard InChI is InChI=1S/C25H38O7/c1-27-20-14-18-16-31-23-8-4-2-6-21(23)29-12-10-28-11-13-30-22-7-3-5-9-24(22)32-17-19(15-20)25(18)26/h14-15,21-24,26H,2-13,16-17H2,1H3/t21-,22-,23+,24+/m0/s1. The third-order valence-corrected chi connectivity index (χ3v) is 6.79. The van der Waals surface area contributed by atoms with Crippen LogP contribution < -0.4 is 4.74 Å². The van der Waals surface area contributed by atoms with Crippen LogP contribution in [0.15, 0.2) is 12.1 Å². The predicted octanol–water partition coefficient (Wildman–Crippen LogP) is 4.12. The van der Waals surface area contributed by atoms with Gasteiger partial charge in [0, 0.05) is 11.1 Å². The minimum absolute atomic E-state index is 0.0132. The third kappa shape index (κ3) is 6.35.